The molecule has 0 N–H and O–H groups in total. The number of carbonyl (C=O) groups excluding carboxylic acids is 1. The molecule has 0 rings (SSSR count). The molecule has 0 saturated carbocycles. The minimum absolute atomic E-state index is 0.245. The van der Waals surface area contributed by atoms with E-state index in [-0.39, 0.29) is 5.91 Å². The van der Waals surface area contributed by atoms with Crippen LogP contribution in [0.4, 0.5) is 0 Å². The smallest absolute Gasteiger partial charge is 0.222 e. The van der Waals surface area contributed by atoms with Crippen molar-refractivity contribution in [1.82, 2.24) is 4.90 Å². The third-order valence-electron chi connectivity index (χ3n) is 1.70. The van der Waals surface area contributed by atoms with E-state index in [9.17, 15) is 4.79 Å². The molecule has 1 amide bonds. The third kappa shape index (κ3) is 2.91. The summed E-state index contributed by atoms with van der Waals surface area (Å²) in [5.41, 5.74) is 0. The van der Waals surface area contributed by atoms with Gasteiger partial charge in [-0.05, 0) is 27.7 Å². The first-order valence-electron chi connectivity index (χ1n) is 4.31. The molecular formula is C9H19NO. The van der Waals surface area contributed by atoms with Gasteiger partial charge in [-0.3, -0.25) is 4.79 Å². The molecule has 0 aromatic carbocycles. The van der Waals surface area contributed by atoms with Gasteiger partial charge in [-0.15, -0.1) is 0 Å². The van der Waals surface area contributed by atoms with Crippen molar-refractivity contribution in [1.29, 1.82) is 0 Å². The van der Waals surface area contributed by atoms with Crippen LogP contribution in [-0.2, 0) is 4.79 Å². The predicted octanol–water partition coefficient (Wildman–Crippen LogP) is 2.04. The molecule has 0 aromatic heterocycles. The SMILES string of the molecule is CCC(=O)N(C(C)C)C(C)C. The van der Waals surface area contributed by atoms with Gasteiger partial charge in [0.25, 0.3) is 0 Å². The molecule has 0 fully saturated rings. The van der Waals surface area contributed by atoms with E-state index in [0.29, 0.717) is 18.5 Å². The van der Waals surface area contributed by atoms with E-state index in [2.05, 4.69) is 0 Å². The molecule has 0 unspecified atom stereocenters. The van der Waals surface area contributed by atoms with Crippen molar-refractivity contribution in [2.75, 3.05) is 0 Å². The molecule has 2 heteroatoms. The molecule has 0 saturated heterocycles. The number of hydrogen-bond donors (Lipinski definition) is 0. The molecule has 66 valence electrons. The molecule has 0 bridgehead atoms. The number of hydrogen-bond acceptors (Lipinski definition) is 1. The first-order chi connectivity index (χ1) is 5.00. The van der Waals surface area contributed by atoms with E-state index < -0.39 is 0 Å². The van der Waals surface area contributed by atoms with Crippen LogP contribution >= 0.6 is 0 Å². The molecule has 0 aromatic rings. The summed E-state index contributed by atoms with van der Waals surface area (Å²) in [7, 11) is 0. The van der Waals surface area contributed by atoms with E-state index >= 15 is 0 Å². The van der Waals surface area contributed by atoms with E-state index in [4.69, 9.17) is 0 Å². The monoisotopic (exact) mass is 157 g/mol. The summed E-state index contributed by atoms with van der Waals surface area (Å²) in [6.07, 6.45) is 0.607. The van der Waals surface area contributed by atoms with Gasteiger partial charge in [-0.2, -0.15) is 0 Å². The maximum Gasteiger partial charge on any atom is 0.222 e. The summed E-state index contributed by atoms with van der Waals surface area (Å²) >= 11 is 0. The topological polar surface area (TPSA) is 20.3 Å². The molecule has 0 aliphatic rings. The normalized spacial score (nSPS) is 10.8. The Morgan fingerprint density at radius 2 is 1.55 bits per heavy atom. The minimum atomic E-state index is 0.245. The molecule has 0 heterocycles. The van der Waals surface area contributed by atoms with E-state index in [1.54, 1.807) is 0 Å². The summed E-state index contributed by atoms with van der Waals surface area (Å²) < 4.78 is 0. The Morgan fingerprint density at radius 1 is 1.18 bits per heavy atom. The fourth-order valence-corrected chi connectivity index (χ4v) is 1.35. The second-order valence-corrected chi connectivity index (χ2v) is 3.34. The highest BCUT2D eigenvalue weighted by Gasteiger charge is 2.17. The minimum Gasteiger partial charge on any atom is -0.338 e. The standard InChI is InChI=1S/C9H19NO/c1-6-9(11)10(7(2)3)8(4)5/h7-8H,6H2,1-5H3. The maximum atomic E-state index is 11.3. The lowest BCUT2D eigenvalue weighted by Gasteiger charge is -2.30. The quantitative estimate of drug-likeness (QED) is 0.614. The number of nitrogens with zero attached hydrogens (tertiary/aromatic N) is 1. The van der Waals surface area contributed by atoms with E-state index in [0.717, 1.165) is 0 Å². The Kier molecular flexibility index (Phi) is 4.16. The largest absolute Gasteiger partial charge is 0.338 e. The highest BCUT2D eigenvalue weighted by atomic mass is 16.2. The average Bonchev–Trinajstić information content (AvgIpc) is 1.85. The maximum absolute atomic E-state index is 11.3. The fourth-order valence-electron chi connectivity index (χ4n) is 1.35. The molecule has 0 aliphatic carbocycles. The second-order valence-electron chi connectivity index (χ2n) is 3.34. The Morgan fingerprint density at radius 3 is 1.64 bits per heavy atom. The fraction of sp³-hybridized carbons (Fsp3) is 0.889. The molecule has 0 aliphatic heterocycles. The number of carbonyl (C=O) groups is 1. The zero-order valence-electron chi connectivity index (χ0n) is 8.22. The van der Waals surface area contributed by atoms with Crippen molar-refractivity contribution in [2.24, 2.45) is 0 Å². The summed E-state index contributed by atoms with van der Waals surface area (Å²) in [5, 5.41) is 0. The summed E-state index contributed by atoms with van der Waals surface area (Å²) in [6.45, 7) is 10.1. The van der Waals surface area contributed by atoms with Crippen molar-refractivity contribution in [3.63, 3.8) is 0 Å². The number of amides is 1. The Bertz CT molecular complexity index is 122. The Hall–Kier alpha value is -0.530. The van der Waals surface area contributed by atoms with Crippen LogP contribution in [0.15, 0.2) is 0 Å². The van der Waals surface area contributed by atoms with Gasteiger partial charge in [-0.25, -0.2) is 0 Å². The Balaban J connectivity index is 4.22. The van der Waals surface area contributed by atoms with Gasteiger partial charge in [0, 0.05) is 18.5 Å². The van der Waals surface area contributed by atoms with Gasteiger partial charge in [0.2, 0.25) is 5.91 Å². The lowest BCUT2D eigenvalue weighted by atomic mass is 10.2. The predicted molar refractivity (Wildman–Crippen MR) is 47.4 cm³/mol. The zero-order valence-corrected chi connectivity index (χ0v) is 8.22. The molecule has 0 atom stereocenters. The van der Waals surface area contributed by atoms with Crippen LogP contribution in [0.1, 0.15) is 41.0 Å². The van der Waals surface area contributed by atoms with Crippen LogP contribution in [0.25, 0.3) is 0 Å². The first-order valence-corrected chi connectivity index (χ1v) is 4.31. The van der Waals surface area contributed by atoms with E-state index in [1.165, 1.54) is 0 Å². The summed E-state index contributed by atoms with van der Waals surface area (Å²) in [6, 6.07) is 0.643. The van der Waals surface area contributed by atoms with Crippen molar-refractivity contribution in [3.8, 4) is 0 Å². The molecular weight excluding hydrogens is 138 g/mol. The van der Waals surface area contributed by atoms with E-state index in [1.807, 2.05) is 39.5 Å². The Labute approximate surface area is 69.6 Å². The van der Waals surface area contributed by atoms with Crippen LogP contribution in [0.5, 0.6) is 0 Å². The third-order valence-corrected chi connectivity index (χ3v) is 1.70. The zero-order chi connectivity index (χ0) is 9.02. The van der Waals surface area contributed by atoms with Gasteiger partial charge in [0.05, 0.1) is 0 Å². The van der Waals surface area contributed by atoms with Gasteiger partial charge in [-0.1, -0.05) is 6.92 Å². The highest BCUT2D eigenvalue weighted by molar-refractivity contribution is 5.76. The second kappa shape index (κ2) is 4.37. The van der Waals surface area contributed by atoms with Crippen LogP contribution in [0.2, 0.25) is 0 Å². The number of rotatable bonds is 3. The lowest BCUT2D eigenvalue weighted by molar-refractivity contribution is -0.134. The van der Waals surface area contributed by atoms with Crippen molar-refractivity contribution < 1.29 is 4.79 Å². The van der Waals surface area contributed by atoms with Crippen molar-refractivity contribution >= 4 is 5.91 Å². The average molecular weight is 157 g/mol. The van der Waals surface area contributed by atoms with Gasteiger partial charge >= 0.3 is 0 Å². The lowest BCUT2D eigenvalue weighted by Crippen LogP contribution is -2.41. The summed E-state index contributed by atoms with van der Waals surface area (Å²) in [5.74, 6) is 0.245. The molecule has 11 heavy (non-hydrogen) atoms. The molecule has 0 spiro atoms. The van der Waals surface area contributed by atoms with Gasteiger partial charge in [0.15, 0.2) is 0 Å². The molecule has 0 radical (unpaired) electrons. The first kappa shape index (κ1) is 10.5. The van der Waals surface area contributed by atoms with Crippen LogP contribution in [0.3, 0.4) is 0 Å². The van der Waals surface area contributed by atoms with Gasteiger partial charge < -0.3 is 4.90 Å². The molecule has 2 nitrogen and oxygen atoms in total. The summed E-state index contributed by atoms with van der Waals surface area (Å²) in [4.78, 5) is 13.2. The van der Waals surface area contributed by atoms with Gasteiger partial charge in [0.1, 0.15) is 0 Å². The highest BCUT2D eigenvalue weighted by Crippen LogP contribution is 2.06. The van der Waals surface area contributed by atoms with Crippen molar-refractivity contribution in [3.05, 3.63) is 0 Å². The van der Waals surface area contributed by atoms with Crippen molar-refractivity contribution in [2.45, 2.75) is 53.1 Å². The van der Waals surface area contributed by atoms with Crippen LogP contribution < -0.4 is 0 Å². The van der Waals surface area contributed by atoms with Crippen LogP contribution in [-0.4, -0.2) is 22.9 Å². The van der Waals surface area contributed by atoms with Crippen LogP contribution in [0, 0.1) is 0 Å².